The molecule has 0 saturated carbocycles. The molecule has 2 aliphatic heterocycles. The molecule has 4 heteroatoms. The minimum Gasteiger partial charge on any atom is -0.343 e. The van der Waals surface area contributed by atoms with E-state index in [0.29, 0.717) is 13.2 Å². The van der Waals surface area contributed by atoms with Crippen molar-refractivity contribution in [3.63, 3.8) is 0 Å². The quantitative estimate of drug-likeness (QED) is 0.859. The van der Waals surface area contributed by atoms with E-state index >= 15 is 0 Å². The van der Waals surface area contributed by atoms with Gasteiger partial charge in [-0.3, -0.25) is 4.79 Å². The lowest BCUT2D eigenvalue weighted by molar-refractivity contribution is -0.167. The van der Waals surface area contributed by atoms with Crippen molar-refractivity contribution in [3.05, 3.63) is 35.4 Å². The summed E-state index contributed by atoms with van der Waals surface area (Å²) in [6.07, 6.45) is 4.23. The Labute approximate surface area is 126 Å². The molecule has 4 nitrogen and oxygen atoms in total. The summed E-state index contributed by atoms with van der Waals surface area (Å²) in [5.41, 5.74) is 1.75. The fraction of sp³-hybridized carbons (Fsp3) is 0.588. The van der Waals surface area contributed by atoms with E-state index in [1.54, 1.807) is 0 Å². The van der Waals surface area contributed by atoms with Crippen molar-refractivity contribution in [1.29, 1.82) is 0 Å². The third-order valence-electron chi connectivity index (χ3n) is 4.43. The summed E-state index contributed by atoms with van der Waals surface area (Å²) in [7, 11) is 0. The first-order valence-corrected chi connectivity index (χ1v) is 7.93. The zero-order chi connectivity index (χ0) is 14.7. The average molecular weight is 289 g/mol. The van der Waals surface area contributed by atoms with Gasteiger partial charge >= 0.3 is 0 Å². The lowest BCUT2D eigenvalue weighted by Gasteiger charge is -2.28. The molecule has 1 amide bonds. The molecule has 0 radical (unpaired) electrons. The maximum Gasteiger partial charge on any atom is 0.253 e. The summed E-state index contributed by atoms with van der Waals surface area (Å²) in [5, 5.41) is 0. The van der Waals surface area contributed by atoms with Gasteiger partial charge in [0.25, 0.3) is 5.91 Å². The topological polar surface area (TPSA) is 38.8 Å². The third-order valence-corrected chi connectivity index (χ3v) is 4.43. The number of carbonyl (C=O) groups excluding carboxylic acids is 1. The van der Waals surface area contributed by atoms with Gasteiger partial charge in [0.2, 0.25) is 0 Å². The molecule has 2 fully saturated rings. The van der Waals surface area contributed by atoms with Crippen LogP contribution in [0, 0.1) is 0 Å². The predicted molar refractivity (Wildman–Crippen MR) is 80.1 cm³/mol. The van der Waals surface area contributed by atoms with Gasteiger partial charge in [-0.05, 0) is 31.4 Å². The Bertz CT molecular complexity index is 485. The Morgan fingerprint density at radius 3 is 2.29 bits per heavy atom. The first-order valence-electron chi connectivity index (χ1n) is 7.93. The molecule has 114 valence electrons. The zero-order valence-electron chi connectivity index (χ0n) is 12.6. The van der Waals surface area contributed by atoms with Crippen molar-refractivity contribution in [1.82, 2.24) is 4.90 Å². The highest BCUT2D eigenvalue weighted by molar-refractivity contribution is 5.94. The van der Waals surface area contributed by atoms with E-state index < -0.39 is 5.79 Å². The first-order chi connectivity index (χ1) is 10.2. The lowest BCUT2D eigenvalue weighted by atomic mass is 10.0. The molecular weight excluding hydrogens is 266 g/mol. The van der Waals surface area contributed by atoms with Crippen LogP contribution in [0.4, 0.5) is 0 Å². The Balaban J connectivity index is 1.75. The molecule has 3 rings (SSSR count). The number of nitrogens with zero attached hydrogens (tertiary/aromatic N) is 1. The van der Waals surface area contributed by atoms with Gasteiger partial charge in [0.1, 0.15) is 0 Å². The molecule has 0 atom stereocenters. The summed E-state index contributed by atoms with van der Waals surface area (Å²) in [6, 6.07) is 7.72. The Kier molecular flexibility index (Phi) is 4.27. The molecular formula is C17H23NO3. The Morgan fingerprint density at radius 1 is 1.10 bits per heavy atom. The molecule has 0 aromatic heterocycles. The van der Waals surface area contributed by atoms with Crippen molar-refractivity contribution >= 4 is 5.91 Å². The number of ether oxygens (including phenoxy) is 2. The monoisotopic (exact) mass is 289 g/mol. The van der Waals surface area contributed by atoms with E-state index in [2.05, 4.69) is 6.92 Å². The Hall–Kier alpha value is -1.39. The van der Waals surface area contributed by atoms with Crippen LogP contribution in [0.1, 0.15) is 48.5 Å². The standard InChI is InChI=1S/C17H23NO3/c1-2-17(20-12-13-21-17)15-8-6-14(7-9-15)16(19)18-10-4-3-5-11-18/h6-9H,2-5,10-13H2,1H3. The van der Waals surface area contributed by atoms with Gasteiger partial charge < -0.3 is 14.4 Å². The van der Waals surface area contributed by atoms with E-state index in [1.165, 1.54) is 6.42 Å². The number of hydrogen-bond acceptors (Lipinski definition) is 3. The van der Waals surface area contributed by atoms with Crippen LogP contribution in [0.25, 0.3) is 0 Å². The van der Waals surface area contributed by atoms with Crippen molar-refractivity contribution in [3.8, 4) is 0 Å². The molecule has 0 bridgehead atoms. The second-order valence-electron chi connectivity index (χ2n) is 5.73. The third kappa shape index (κ3) is 2.83. The van der Waals surface area contributed by atoms with Gasteiger partial charge in [-0.1, -0.05) is 19.1 Å². The lowest BCUT2D eigenvalue weighted by Crippen LogP contribution is -2.35. The van der Waals surface area contributed by atoms with Crippen molar-refractivity contribution in [2.75, 3.05) is 26.3 Å². The van der Waals surface area contributed by atoms with Crippen LogP contribution in [0.5, 0.6) is 0 Å². The highest BCUT2D eigenvalue weighted by Gasteiger charge is 2.36. The highest BCUT2D eigenvalue weighted by Crippen LogP contribution is 2.34. The minimum atomic E-state index is -0.618. The number of carbonyl (C=O) groups is 1. The number of likely N-dealkylation sites (tertiary alicyclic amines) is 1. The smallest absolute Gasteiger partial charge is 0.253 e. The molecule has 1 aromatic carbocycles. The highest BCUT2D eigenvalue weighted by atomic mass is 16.7. The second kappa shape index (κ2) is 6.16. The normalized spacial score (nSPS) is 21.5. The largest absolute Gasteiger partial charge is 0.343 e. The summed E-state index contributed by atoms with van der Waals surface area (Å²) >= 11 is 0. The zero-order valence-corrected chi connectivity index (χ0v) is 12.6. The maximum absolute atomic E-state index is 12.4. The molecule has 2 heterocycles. The van der Waals surface area contributed by atoms with Crippen molar-refractivity contribution < 1.29 is 14.3 Å². The van der Waals surface area contributed by atoms with Crippen LogP contribution < -0.4 is 0 Å². The Morgan fingerprint density at radius 2 is 1.71 bits per heavy atom. The number of piperidine rings is 1. The van der Waals surface area contributed by atoms with Gasteiger partial charge in [0.05, 0.1) is 13.2 Å². The number of hydrogen-bond donors (Lipinski definition) is 0. The molecule has 0 unspecified atom stereocenters. The predicted octanol–water partition coefficient (Wildman–Crippen LogP) is 2.92. The first kappa shape index (κ1) is 14.5. The summed E-state index contributed by atoms with van der Waals surface area (Å²) < 4.78 is 11.5. The molecule has 0 spiro atoms. The fourth-order valence-corrected chi connectivity index (χ4v) is 3.18. The van der Waals surface area contributed by atoms with Crippen LogP contribution in [-0.4, -0.2) is 37.1 Å². The van der Waals surface area contributed by atoms with E-state index in [1.807, 2.05) is 29.2 Å². The minimum absolute atomic E-state index is 0.139. The summed E-state index contributed by atoms with van der Waals surface area (Å²) in [5.74, 6) is -0.479. The number of benzene rings is 1. The molecule has 0 aliphatic carbocycles. The van der Waals surface area contributed by atoms with Crippen LogP contribution >= 0.6 is 0 Å². The second-order valence-corrected chi connectivity index (χ2v) is 5.73. The van der Waals surface area contributed by atoms with E-state index in [0.717, 1.165) is 43.5 Å². The van der Waals surface area contributed by atoms with Gasteiger partial charge in [-0.2, -0.15) is 0 Å². The van der Waals surface area contributed by atoms with Gasteiger partial charge in [0, 0.05) is 30.6 Å². The van der Waals surface area contributed by atoms with Crippen molar-refractivity contribution in [2.45, 2.75) is 38.4 Å². The number of amides is 1. The van der Waals surface area contributed by atoms with Crippen LogP contribution in [0.3, 0.4) is 0 Å². The number of rotatable bonds is 3. The molecule has 2 saturated heterocycles. The SMILES string of the molecule is CCC1(c2ccc(C(=O)N3CCCCC3)cc2)OCCO1. The molecule has 21 heavy (non-hydrogen) atoms. The molecule has 0 N–H and O–H groups in total. The summed E-state index contributed by atoms with van der Waals surface area (Å²) in [4.78, 5) is 14.4. The van der Waals surface area contributed by atoms with Crippen LogP contribution in [-0.2, 0) is 15.3 Å². The van der Waals surface area contributed by atoms with Gasteiger partial charge in [-0.15, -0.1) is 0 Å². The van der Waals surface area contributed by atoms with E-state index in [9.17, 15) is 4.79 Å². The summed E-state index contributed by atoms with van der Waals surface area (Å²) in [6.45, 7) is 5.07. The average Bonchev–Trinajstić information content (AvgIpc) is 3.05. The van der Waals surface area contributed by atoms with Crippen molar-refractivity contribution in [2.24, 2.45) is 0 Å². The van der Waals surface area contributed by atoms with Gasteiger partial charge in [0.15, 0.2) is 5.79 Å². The van der Waals surface area contributed by atoms with Gasteiger partial charge in [-0.25, -0.2) is 0 Å². The maximum atomic E-state index is 12.4. The fourth-order valence-electron chi connectivity index (χ4n) is 3.18. The van der Waals surface area contributed by atoms with E-state index in [4.69, 9.17) is 9.47 Å². The van der Waals surface area contributed by atoms with E-state index in [-0.39, 0.29) is 5.91 Å². The molecule has 1 aromatic rings. The van der Waals surface area contributed by atoms with Crippen LogP contribution in [0.15, 0.2) is 24.3 Å². The van der Waals surface area contributed by atoms with Crippen LogP contribution in [0.2, 0.25) is 0 Å². The molecule has 2 aliphatic rings.